The first kappa shape index (κ1) is 33.8. The van der Waals surface area contributed by atoms with Crippen LogP contribution >= 0.6 is 11.8 Å². The largest absolute Gasteiger partial charge is 0.444 e. The first-order chi connectivity index (χ1) is 18.1. The summed E-state index contributed by atoms with van der Waals surface area (Å²) in [5.41, 5.74) is 1.08. The molecule has 0 heterocycles. The van der Waals surface area contributed by atoms with Gasteiger partial charge in [0.15, 0.2) is 0 Å². The molecule has 1 aromatic carbocycles. The van der Waals surface area contributed by atoms with Crippen molar-refractivity contribution < 1.29 is 19.1 Å². The zero-order valence-corrected chi connectivity index (χ0v) is 25.5. The van der Waals surface area contributed by atoms with Gasteiger partial charge in [-0.15, -0.1) is 0 Å². The Hall–Kier alpha value is -2.22. The molecule has 2 unspecified atom stereocenters. The van der Waals surface area contributed by atoms with Crippen LogP contribution in [-0.4, -0.2) is 59.5 Å². The second kappa shape index (κ2) is 18.1. The molecule has 1 aromatic rings. The van der Waals surface area contributed by atoms with Crippen LogP contribution in [0.3, 0.4) is 0 Å². The minimum atomic E-state index is -0.789. The van der Waals surface area contributed by atoms with Crippen LogP contribution in [0.15, 0.2) is 24.3 Å². The van der Waals surface area contributed by atoms with Crippen LogP contribution in [0.25, 0.3) is 0 Å². The summed E-state index contributed by atoms with van der Waals surface area (Å²) in [5.74, 6) is 0.257. The maximum Gasteiger partial charge on any atom is 0.408 e. The van der Waals surface area contributed by atoms with Gasteiger partial charge in [-0.1, -0.05) is 70.2 Å². The summed E-state index contributed by atoms with van der Waals surface area (Å²) >= 11 is 1.61. The summed E-state index contributed by atoms with van der Waals surface area (Å²) in [6.45, 7) is 12.6. The lowest BCUT2D eigenvalue weighted by Crippen LogP contribution is -2.53. The van der Waals surface area contributed by atoms with Gasteiger partial charge in [0.05, 0.1) is 0 Å². The SMILES string of the molecule is CCCCCCN(C(=O)C(CCSC)NC(=O)OC(C)(C)C)C(C(=O)NCCCCC)c1ccccc1C. The normalized spacial score (nSPS) is 12.9. The van der Waals surface area contributed by atoms with Gasteiger partial charge in [0.2, 0.25) is 11.8 Å². The molecule has 2 atom stereocenters. The number of alkyl carbamates (subject to hydrolysis) is 1. The maximum absolute atomic E-state index is 14.2. The number of hydrogen-bond acceptors (Lipinski definition) is 5. The fourth-order valence-corrected chi connectivity index (χ4v) is 4.72. The molecule has 0 aliphatic heterocycles. The molecule has 3 amide bonds. The zero-order valence-electron chi connectivity index (χ0n) is 24.7. The molecular formula is C30H51N3O4S. The fourth-order valence-electron chi connectivity index (χ4n) is 4.25. The zero-order chi connectivity index (χ0) is 28.6. The van der Waals surface area contributed by atoms with Crippen molar-refractivity contribution in [1.29, 1.82) is 0 Å². The molecule has 2 N–H and O–H groups in total. The van der Waals surface area contributed by atoms with Gasteiger partial charge in [-0.3, -0.25) is 9.59 Å². The number of carbonyl (C=O) groups is 3. The van der Waals surface area contributed by atoms with Crippen LogP contribution in [0.2, 0.25) is 0 Å². The average Bonchev–Trinajstić information content (AvgIpc) is 2.85. The molecule has 7 nitrogen and oxygen atoms in total. The smallest absolute Gasteiger partial charge is 0.408 e. The van der Waals surface area contributed by atoms with Gasteiger partial charge in [-0.25, -0.2) is 4.79 Å². The van der Waals surface area contributed by atoms with Crippen molar-refractivity contribution in [2.45, 2.75) is 111 Å². The number of ether oxygens (including phenoxy) is 1. The van der Waals surface area contributed by atoms with Gasteiger partial charge in [-0.2, -0.15) is 11.8 Å². The third kappa shape index (κ3) is 12.5. The lowest BCUT2D eigenvalue weighted by molar-refractivity contribution is -0.142. The summed E-state index contributed by atoms with van der Waals surface area (Å²) in [6, 6.07) is 6.18. The molecule has 0 aliphatic carbocycles. The molecule has 0 fully saturated rings. The van der Waals surface area contributed by atoms with Gasteiger partial charge in [-0.05, 0) is 70.1 Å². The molecule has 0 saturated heterocycles. The quantitative estimate of drug-likeness (QED) is 0.220. The Balaban J connectivity index is 3.41. The first-order valence-corrected chi connectivity index (χ1v) is 15.6. The van der Waals surface area contributed by atoms with E-state index in [2.05, 4.69) is 24.5 Å². The Labute approximate surface area is 235 Å². The van der Waals surface area contributed by atoms with Crippen molar-refractivity contribution in [3.8, 4) is 0 Å². The number of amides is 3. The second-order valence-electron chi connectivity index (χ2n) is 10.8. The molecule has 0 saturated carbocycles. The number of unbranched alkanes of at least 4 members (excludes halogenated alkanes) is 5. The monoisotopic (exact) mass is 549 g/mol. The van der Waals surface area contributed by atoms with E-state index in [4.69, 9.17) is 4.74 Å². The molecule has 0 aliphatic rings. The van der Waals surface area contributed by atoms with Crippen LogP contribution in [0.5, 0.6) is 0 Å². The van der Waals surface area contributed by atoms with Crippen LogP contribution in [0.1, 0.15) is 103 Å². The number of aryl methyl sites for hydroxylation is 1. The van der Waals surface area contributed by atoms with Gasteiger partial charge >= 0.3 is 6.09 Å². The van der Waals surface area contributed by atoms with E-state index in [1.54, 1.807) is 37.4 Å². The first-order valence-electron chi connectivity index (χ1n) is 14.2. The standard InChI is InChI=1S/C30H51N3O4S/c1-8-10-12-16-21-33(28(35)25(19-22-38-7)32-29(36)37-30(4,5)6)26(24-18-14-13-17-23(24)3)27(34)31-20-15-11-9-2/h13-14,17-18,25-26H,8-12,15-16,19-22H2,1-7H3,(H,31,34)(H,32,36). The van der Waals surface area contributed by atoms with Gasteiger partial charge < -0.3 is 20.3 Å². The lowest BCUT2D eigenvalue weighted by Gasteiger charge is -2.35. The highest BCUT2D eigenvalue weighted by molar-refractivity contribution is 7.98. The molecule has 1 rings (SSSR count). The molecule has 0 spiro atoms. The van der Waals surface area contributed by atoms with E-state index in [1.807, 2.05) is 37.4 Å². The minimum absolute atomic E-state index is 0.180. The molecule has 0 radical (unpaired) electrons. The maximum atomic E-state index is 14.2. The summed E-state index contributed by atoms with van der Waals surface area (Å²) in [4.78, 5) is 42.3. The van der Waals surface area contributed by atoms with Gasteiger partial charge in [0.25, 0.3) is 0 Å². The Morgan fingerprint density at radius 3 is 2.26 bits per heavy atom. The number of nitrogens with one attached hydrogen (secondary N) is 2. The molecule has 216 valence electrons. The summed E-state index contributed by atoms with van der Waals surface area (Å²) in [7, 11) is 0. The Kier molecular flexibility index (Phi) is 16.1. The Morgan fingerprint density at radius 1 is 1.00 bits per heavy atom. The van der Waals surface area contributed by atoms with Gasteiger partial charge in [0, 0.05) is 13.1 Å². The number of nitrogens with zero attached hydrogens (tertiary/aromatic N) is 1. The van der Waals surface area contributed by atoms with Crippen LogP contribution < -0.4 is 10.6 Å². The topological polar surface area (TPSA) is 87.7 Å². The molecule has 0 aromatic heterocycles. The third-order valence-electron chi connectivity index (χ3n) is 6.26. The molecule has 8 heteroatoms. The highest BCUT2D eigenvalue weighted by Gasteiger charge is 2.36. The summed E-state index contributed by atoms with van der Waals surface area (Å²) in [5, 5.41) is 5.90. The number of thioether (sulfide) groups is 1. The highest BCUT2D eigenvalue weighted by atomic mass is 32.2. The van der Waals surface area contributed by atoms with Crippen LogP contribution in [0.4, 0.5) is 4.79 Å². The van der Waals surface area contributed by atoms with Crippen molar-refractivity contribution >= 4 is 29.7 Å². The number of benzene rings is 1. The number of hydrogen-bond donors (Lipinski definition) is 2. The van der Waals surface area contributed by atoms with E-state index in [-0.39, 0.29) is 11.8 Å². The average molecular weight is 550 g/mol. The second-order valence-corrected chi connectivity index (χ2v) is 11.8. The number of carbonyl (C=O) groups excluding carboxylic acids is 3. The molecule has 0 bridgehead atoms. The molecular weight excluding hydrogens is 498 g/mol. The van der Waals surface area contributed by atoms with Crippen molar-refractivity contribution in [2.24, 2.45) is 0 Å². The van der Waals surface area contributed by atoms with Crippen molar-refractivity contribution in [2.75, 3.05) is 25.1 Å². The van der Waals surface area contributed by atoms with E-state index in [0.29, 0.717) is 25.3 Å². The van der Waals surface area contributed by atoms with Crippen LogP contribution in [-0.2, 0) is 14.3 Å². The van der Waals surface area contributed by atoms with E-state index < -0.39 is 23.8 Å². The van der Waals surface area contributed by atoms with Crippen molar-refractivity contribution in [3.63, 3.8) is 0 Å². The van der Waals surface area contributed by atoms with E-state index in [1.165, 1.54) is 0 Å². The van der Waals surface area contributed by atoms with E-state index >= 15 is 0 Å². The van der Waals surface area contributed by atoms with Crippen molar-refractivity contribution in [1.82, 2.24) is 15.5 Å². The van der Waals surface area contributed by atoms with Crippen LogP contribution in [0, 0.1) is 6.92 Å². The minimum Gasteiger partial charge on any atom is -0.444 e. The van der Waals surface area contributed by atoms with E-state index in [9.17, 15) is 14.4 Å². The highest BCUT2D eigenvalue weighted by Crippen LogP contribution is 2.27. The molecule has 38 heavy (non-hydrogen) atoms. The third-order valence-corrected chi connectivity index (χ3v) is 6.90. The predicted octanol–water partition coefficient (Wildman–Crippen LogP) is 6.40. The number of rotatable bonds is 17. The van der Waals surface area contributed by atoms with Crippen molar-refractivity contribution in [3.05, 3.63) is 35.4 Å². The Bertz CT molecular complexity index is 856. The Morgan fingerprint density at radius 2 is 1.66 bits per heavy atom. The summed E-state index contributed by atoms with van der Waals surface area (Å²) < 4.78 is 5.47. The van der Waals surface area contributed by atoms with E-state index in [0.717, 1.165) is 56.1 Å². The summed E-state index contributed by atoms with van der Waals surface area (Å²) in [6.07, 6.45) is 8.67. The predicted molar refractivity (Wildman–Crippen MR) is 158 cm³/mol. The van der Waals surface area contributed by atoms with Gasteiger partial charge in [0.1, 0.15) is 17.7 Å². The fraction of sp³-hybridized carbons (Fsp3) is 0.700. The lowest BCUT2D eigenvalue weighted by atomic mass is 9.97.